The zero-order valence-electron chi connectivity index (χ0n) is 5.84. The van der Waals surface area contributed by atoms with Crippen molar-refractivity contribution in [1.29, 1.82) is 0 Å². The van der Waals surface area contributed by atoms with Crippen LogP contribution in [0.2, 0.25) is 0 Å². The zero-order chi connectivity index (χ0) is 6.81. The van der Waals surface area contributed by atoms with Crippen molar-refractivity contribution >= 4 is 11.8 Å². The molecule has 0 amide bonds. The molecule has 0 atom stereocenters. The van der Waals surface area contributed by atoms with Crippen molar-refractivity contribution in [2.24, 2.45) is 0 Å². The molecule has 0 N–H and O–H groups in total. The minimum absolute atomic E-state index is 1.26. The van der Waals surface area contributed by atoms with Crippen LogP contribution >= 0.6 is 11.8 Å². The third-order valence-corrected chi connectivity index (χ3v) is 2.86. The molecule has 52 valence electrons. The monoisotopic (exact) mass is 150 g/mol. The number of thioether (sulfide) groups is 1. The van der Waals surface area contributed by atoms with Gasteiger partial charge in [-0.1, -0.05) is 12.1 Å². The molecule has 1 heterocycles. The molecule has 1 aromatic rings. The highest BCUT2D eigenvalue weighted by molar-refractivity contribution is 7.99. The molecule has 0 saturated heterocycles. The molecule has 0 aromatic heterocycles. The number of aryl methyl sites for hydroxylation is 1. The van der Waals surface area contributed by atoms with Gasteiger partial charge in [0, 0.05) is 4.90 Å². The maximum Gasteiger partial charge on any atom is 0.00746 e. The van der Waals surface area contributed by atoms with E-state index in [9.17, 15) is 0 Å². The van der Waals surface area contributed by atoms with Crippen molar-refractivity contribution in [1.82, 2.24) is 0 Å². The Balaban J connectivity index is 2.41. The van der Waals surface area contributed by atoms with Crippen LogP contribution < -0.4 is 0 Å². The van der Waals surface area contributed by atoms with E-state index in [2.05, 4.69) is 24.3 Å². The van der Waals surface area contributed by atoms with Crippen molar-refractivity contribution < 1.29 is 0 Å². The molecule has 10 heavy (non-hydrogen) atoms. The second-order valence-electron chi connectivity index (χ2n) is 2.60. The van der Waals surface area contributed by atoms with Gasteiger partial charge in [-0.25, -0.2) is 0 Å². The molecule has 0 aliphatic carbocycles. The van der Waals surface area contributed by atoms with Gasteiger partial charge < -0.3 is 0 Å². The molecule has 0 nitrogen and oxygen atoms in total. The summed E-state index contributed by atoms with van der Waals surface area (Å²) in [5.41, 5.74) is 1.50. The van der Waals surface area contributed by atoms with E-state index in [1.165, 1.54) is 29.1 Å². The molecule has 0 fully saturated rings. The van der Waals surface area contributed by atoms with Gasteiger partial charge in [0.1, 0.15) is 0 Å². The average molecular weight is 150 g/mol. The summed E-state index contributed by atoms with van der Waals surface area (Å²) in [5, 5.41) is 0. The Labute approximate surface area is 65.6 Å². The van der Waals surface area contributed by atoms with Crippen LogP contribution in [-0.2, 0) is 6.42 Å². The quantitative estimate of drug-likeness (QED) is 0.548. The Morgan fingerprint density at radius 3 is 3.30 bits per heavy atom. The molecule has 1 heteroatoms. The lowest BCUT2D eigenvalue weighted by atomic mass is 10.1. The fourth-order valence-electron chi connectivity index (χ4n) is 1.26. The first-order valence-electron chi connectivity index (χ1n) is 3.67. The van der Waals surface area contributed by atoms with E-state index >= 15 is 0 Å². The fourth-order valence-corrected chi connectivity index (χ4v) is 2.19. The van der Waals surface area contributed by atoms with Gasteiger partial charge >= 0.3 is 0 Å². The van der Waals surface area contributed by atoms with E-state index in [0.29, 0.717) is 0 Å². The standard InChI is InChI=1S/C9H10S/c1-3-8-4-2-6-10-9(5-1)7-8/h1,3,5,7H,2,4,6H2. The summed E-state index contributed by atoms with van der Waals surface area (Å²) in [6.07, 6.45) is 2.60. The summed E-state index contributed by atoms with van der Waals surface area (Å²) in [4.78, 5) is 1.44. The van der Waals surface area contributed by atoms with E-state index < -0.39 is 0 Å². The molecule has 0 spiro atoms. The van der Waals surface area contributed by atoms with E-state index in [1.807, 2.05) is 11.8 Å². The summed E-state index contributed by atoms with van der Waals surface area (Å²) in [6.45, 7) is 0. The third-order valence-electron chi connectivity index (χ3n) is 1.78. The minimum atomic E-state index is 1.26. The Bertz CT molecular complexity index is 209. The predicted molar refractivity (Wildman–Crippen MR) is 45.5 cm³/mol. The lowest BCUT2D eigenvalue weighted by Gasteiger charge is -1.94. The zero-order valence-corrected chi connectivity index (χ0v) is 6.66. The minimum Gasteiger partial charge on any atom is -0.126 e. The van der Waals surface area contributed by atoms with Gasteiger partial charge in [-0.3, -0.25) is 0 Å². The normalized spacial score (nSPS) is 16.4. The van der Waals surface area contributed by atoms with Gasteiger partial charge in [0.05, 0.1) is 0 Å². The molecule has 0 unspecified atom stereocenters. The first-order chi connectivity index (χ1) is 4.95. The van der Waals surface area contributed by atoms with Crippen molar-refractivity contribution in [3.05, 3.63) is 29.8 Å². The van der Waals surface area contributed by atoms with Crippen LogP contribution in [0.25, 0.3) is 0 Å². The summed E-state index contributed by atoms with van der Waals surface area (Å²) in [5.74, 6) is 1.29. The van der Waals surface area contributed by atoms with Crippen molar-refractivity contribution in [2.45, 2.75) is 17.7 Å². The average Bonchev–Trinajstić information content (AvgIpc) is 2.12. The number of benzene rings is 1. The van der Waals surface area contributed by atoms with Crippen LogP contribution in [0.5, 0.6) is 0 Å². The molecular weight excluding hydrogens is 140 g/mol. The fraction of sp³-hybridized carbons (Fsp3) is 0.333. The summed E-state index contributed by atoms with van der Waals surface area (Å²) in [6, 6.07) is 8.87. The highest BCUT2D eigenvalue weighted by atomic mass is 32.2. The molecular formula is C9H10S. The Morgan fingerprint density at radius 1 is 1.30 bits per heavy atom. The van der Waals surface area contributed by atoms with Crippen LogP contribution in [0, 0.1) is 0 Å². The lowest BCUT2D eigenvalue weighted by Crippen LogP contribution is -1.81. The number of hydrogen-bond donors (Lipinski definition) is 0. The maximum atomic E-state index is 2.30. The highest BCUT2D eigenvalue weighted by Crippen LogP contribution is 2.24. The van der Waals surface area contributed by atoms with Crippen molar-refractivity contribution in [2.75, 3.05) is 5.75 Å². The van der Waals surface area contributed by atoms with Crippen LogP contribution in [0.3, 0.4) is 0 Å². The Morgan fingerprint density at radius 2 is 2.30 bits per heavy atom. The van der Waals surface area contributed by atoms with Crippen molar-refractivity contribution in [3.63, 3.8) is 0 Å². The second kappa shape index (κ2) is 2.67. The van der Waals surface area contributed by atoms with Crippen LogP contribution in [0.15, 0.2) is 29.2 Å². The van der Waals surface area contributed by atoms with E-state index in [0.717, 1.165) is 0 Å². The molecule has 1 aliphatic rings. The molecule has 0 saturated carbocycles. The van der Waals surface area contributed by atoms with E-state index in [4.69, 9.17) is 0 Å². The number of rotatable bonds is 0. The van der Waals surface area contributed by atoms with Crippen LogP contribution in [0.1, 0.15) is 12.0 Å². The number of hydrogen-bond acceptors (Lipinski definition) is 1. The first-order valence-corrected chi connectivity index (χ1v) is 4.65. The first kappa shape index (κ1) is 6.29. The highest BCUT2D eigenvalue weighted by Gasteiger charge is 2.01. The smallest absolute Gasteiger partial charge is 0.00746 e. The van der Waals surface area contributed by atoms with Gasteiger partial charge in [-0.15, -0.1) is 11.8 Å². The van der Waals surface area contributed by atoms with Gasteiger partial charge in [0.2, 0.25) is 0 Å². The second-order valence-corrected chi connectivity index (χ2v) is 3.77. The van der Waals surface area contributed by atoms with Gasteiger partial charge in [-0.05, 0) is 36.3 Å². The molecule has 0 radical (unpaired) electrons. The lowest BCUT2D eigenvalue weighted by molar-refractivity contribution is 0.940. The van der Waals surface area contributed by atoms with Gasteiger partial charge in [-0.2, -0.15) is 0 Å². The number of fused-ring (bicyclic) bond motifs is 2. The van der Waals surface area contributed by atoms with E-state index in [1.54, 1.807) is 0 Å². The van der Waals surface area contributed by atoms with Crippen LogP contribution in [-0.4, -0.2) is 5.75 Å². The predicted octanol–water partition coefficient (Wildman–Crippen LogP) is 2.72. The SMILES string of the molecule is c1cc2cc(c1)SCCC2. The van der Waals surface area contributed by atoms with Crippen molar-refractivity contribution in [3.8, 4) is 0 Å². The summed E-state index contributed by atoms with van der Waals surface area (Å²) >= 11 is 1.97. The van der Waals surface area contributed by atoms with E-state index in [-0.39, 0.29) is 0 Å². The molecule has 1 aromatic carbocycles. The Hall–Kier alpha value is -0.430. The van der Waals surface area contributed by atoms with Gasteiger partial charge in [0.15, 0.2) is 0 Å². The van der Waals surface area contributed by atoms with Gasteiger partial charge in [0.25, 0.3) is 0 Å². The third kappa shape index (κ3) is 1.19. The Kier molecular flexibility index (Phi) is 1.68. The summed E-state index contributed by atoms with van der Waals surface area (Å²) in [7, 11) is 0. The largest absolute Gasteiger partial charge is 0.126 e. The van der Waals surface area contributed by atoms with Crippen LogP contribution in [0.4, 0.5) is 0 Å². The topological polar surface area (TPSA) is 0 Å². The molecule has 1 aliphatic heterocycles. The summed E-state index contributed by atoms with van der Waals surface area (Å²) < 4.78 is 0. The maximum absolute atomic E-state index is 2.30. The molecule has 2 rings (SSSR count). The molecule has 2 bridgehead atoms.